The van der Waals surface area contributed by atoms with Gasteiger partial charge in [0.25, 0.3) is 0 Å². The van der Waals surface area contributed by atoms with Crippen LogP contribution in [0.1, 0.15) is 60.8 Å². The number of nitrogens with zero attached hydrogens (tertiary/aromatic N) is 8. The summed E-state index contributed by atoms with van der Waals surface area (Å²) in [6, 6.07) is 9.19. The van der Waals surface area contributed by atoms with E-state index in [1.807, 2.05) is 6.92 Å². The van der Waals surface area contributed by atoms with Crippen molar-refractivity contribution in [2.45, 2.75) is 50.9 Å². The molecular formula is C42H53N11O. The molecule has 0 bridgehead atoms. The molecule has 3 aromatic heterocycles. The fraction of sp³-hybridized carbons (Fsp3) is 0.595. The third kappa shape index (κ3) is 6.38. The van der Waals surface area contributed by atoms with E-state index in [4.69, 9.17) is 19.7 Å². The Morgan fingerprint density at radius 2 is 1.43 bits per heavy atom. The van der Waals surface area contributed by atoms with Gasteiger partial charge in [-0.05, 0) is 123 Å². The number of hydrogen-bond donors (Lipinski definition) is 3. The molecule has 0 amide bonds. The molecule has 8 heterocycles. The molecule has 0 radical (unpaired) electrons. The van der Waals surface area contributed by atoms with Crippen molar-refractivity contribution in [1.29, 1.82) is 0 Å². The average molecular weight is 728 g/mol. The Hall–Kier alpha value is -4.29. The fourth-order valence-electron chi connectivity index (χ4n) is 10.7. The van der Waals surface area contributed by atoms with Gasteiger partial charge in [-0.2, -0.15) is 0 Å². The lowest BCUT2D eigenvalue weighted by Crippen LogP contribution is -2.41. The Labute approximate surface area is 318 Å². The van der Waals surface area contributed by atoms with Gasteiger partial charge in [0.2, 0.25) is 0 Å². The van der Waals surface area contributed by atoms with E-state index in [-0.39, 0.29) is 0 Å². The maximum Gasteiger partial charge on any atom is 0.150 e. The van der Waals surface area contributed by atoms with Crippen LogP contribution in [0.3, 0.4) is 0 Å². The molecule has 3 saturated carbocycles. The Balaban J connectivity index is 0.744. The van der Waals surface area contributed by atoms with Crippen LogP contribution in [0.5, 0.6) is 0 Å². The molecule has 3 aromatic rings. The molecule has 3 aliphatic carbocycles. The quantitative estimate of drug-likeness (QED) is 0.265. The third-order valence-electron chi connectivity index (χ3n) is 14.1. The van der Waals surface area contributed by atoms with Crippen molar-refractivity contribution in [2.75, 3.05) is 86.5 Å². The van der Waals surface area contributed by atoms with Crippen LogP contribution in [0, 0.1) is 48.3 Å². The van der Waals surface area contributed by atoms with Gasteiger partial charge in [-0.25, -0.2) is 19.9 Å². The number of pyridine rings is 2. The maximum absolute atomic E-state index is 5.69. The van der Waals surface area contributed by atoms with E-state index in [9.17, 15) is 0 Å². The highest BCUT2D eigenvalue weighted by atomic mass is 16.5. The lowest BCUT2D eigenvalue weighted by atomic mass is 9.64. The summed E-state index contributed by atoms with van der Waals surface area (Å²) in [4.78, 5) is 31.6. The number of hydrogen-bond acceptors (Lipinski definition) is 12. The summed E-state index contributed by atoms with van der Waals surface area (Å²) in [5, 5.41) is 10.8. The molecular weight excluding hydrogens is 675 g/mol. The molecule has 7 fully saturated rings. The van der Waals surface area contributed by atoms with E-state index in [1.165, 1.54) is 36.1 Å². The number of ether oxygens (including phenoxy) is 1. The number of fused-ring (bicyclic) bond motifs is 2. The molecule has 12 nitrogen and oxygen atoms in total. The number of aliphatic imine (C=N–C) groups is 1. The van der Waals surface area contributed by atoms with Crippen molar-refractivity contribution in [3.05, 3.63) is 65.4 Å². The highest BCUT2D eigenvalue weighted by Crippen LogP contribution is 2.60. The highest BCUT2D eigenvalue weighted by Gasteiger charge is 2.57. The maximum atomic E-state index is 5.69. The normalized spacial score (nSPS) is 31.8. The van der Waals surface area contributed by atoms with Crippen LogP contribution >= 0.6 is 0 Å². The number of allylic oxidation sites excluding steroid dienone is 1. The summed E-state index contributed by atoms with van der Waals surface area (Å²) < 4.78 is 5.69. The van der Waals surface area contributed by atoms with Gasteiger partial charge < -0.3 is 35.4 Å². The van der Waals surface area contributed by atoms with Crippen molar-refractivity contribution in [2.24, 2.45) is 46.4 Å². The van der Waals surface area contributed by atoms with Crippen LogP contribution in [-0.2, 0) is 4.74 Å². The number of amidine groups is 1. The van der Waals surface area contributed by atoms with E-state index in [0.29, 0.717) is 17.8 Å². The predicted octanol–water partition coefficient (Wildman–Crippen LogP) is 5.36. The van der Waals surface area contributed by atoms with Crippen LogP contribution in [0.15, 0.2) is 53.5 Å². The number of piperidine rings is 1. The molecule has 12 heteroatoms. The first-order chi connectivity index (χ1) is 26.5. The fourth-order valence-corrected chi connectivity index (χ4v) is 10.7. The number of likely N-dealkylation sites (tertiary alicyclic amines) is 1. The topological polar surface area (TPSA) is 119 Å². The summed E-state index contributed by atoms with van der Waals surface area (Å²) in [6.45, 7) is 11.1. The number of likely N-dealkylation sites (N-methyl/N-ethyl adjacent to an activating group) is 1. The number of rotatable bonds is 9. The molecule has 8 aliphatic rings. The van der Waals surface area contributed by atoms with Gasteiger partial charge in [-0.3, -0.25) is 4.98 Å². The van der Waals surface area contributed by atoms with Crippen molar-refractivity contribution < 1.29 is 4.74 Å². The second-order valence-corrected chi connectivity index (χ2v) is 17.8. The zero-order valence-corrected chi connectivity index (χ0v) is 31.6. The standard InChI is InChI=1S/C42H53N11O/c1-24-14-45-39(16-43-24)47-38-10-27(31-18-51(2)19-31)12-42(50-38)53-22-30-8-32(35(30)23-53)33-13-34(33)36-15-46-40(17-44-36)48-37-9-26(25-3-5-54-6-4-25)11-41(49-37)52-20-28-7-29(28)21-52/h9-12,14-16,25,28-35,44H,3-8,13,17-23H2,1-2H3,(H,45,47,50)(H,46,48,49). The monoisotopic (exact) mass is 727 g/mol. The SMILES string of the molecule is Cc1cnc(Nc2cc(C3CN(C)C3)cc(N3CC4CC(C5CC5C5=CN=C(Nc6cc(C7CCOCC7)cc(N7CC8CC8C7)n6)CN5)C4C3)n2)cn1. The number of nitrogens with one attached hydrogen (secondary N) is 3. The first-order valence-corrected chi connectivity index (χ1v) is 20.6. The van der Waals surface area contributed by atoms with Gasteiger partial charge in [0, 0.05) is 76.2 Å². The third-order valence-corrected chi connectivity index (χ3v) is 14.1. The molecule has 0 aromatic carbocycles. The van der Waals surface area contributed by atoms with Crippen molar-refractivity contribution >= 4 is 34.9 Å². The first kappa shape index (κ1) is 33.1. The molecule has 7 atom stereocenters. The Morgan fingerprint density at radius 3 is 2.13 bits per heavy atom. The molecule has 54 heavy (non-hydrogen) atoms. The van der Waals surface area contributed by atoms with Gasteiger partial charge in [0.05, 0.1) is 24.6 Å². The second-order valence-electron chi connectivity index (χ2n) is 17.8. The minimum Gasteiger partial charge on any atom is -0.381 e. The summed E-state index contributed by atoms with van der Waals surface area (Å²) in [6.07, 6.45) is 11.9. The van der Waals surface area contributed by atoms with Crippen LogP contribution in [0.25, 0.3) is 0 Å². The molecule has 282 valence electrons. The van der Waals surface area contributed by atoms with Crippen LogP contribution in [0.4, 0.5) is 29.1 Å². The summed E-state index contributed by atoms with van der Waals surface area (Å²) >= 11 is 0. The van der Waals surface area contributed by atoms with Gasteiger partial charge >= 0.3 is 0 Å². The molecule has 5 aliphatic heterocycles. The molecule has 4 saturated heterocycles. The molecule has 3 N–H and O–H groups in total. The van der Waals surface area contributed by atoms with E-state index in [2.05, 4.69) is 78.1 Å². The Bertz CT molecular complexity index is 1940. The van der Waals surface area contributed by atoms with Crippen LogP contribution in [0.2, 0.25) is 0 Å². The Kier molecular flexibility index (Phi) is 8.08. The predicted molar refractivity (Wildman–Crippen MR) is 211 cm³/mol. The summed E-state index contributed by atoms with van der Waals surface area (Å²) in [7, 11) is 2.20. The minimum atomic E-state index is 0.533. The van der Waals surface area contributed by atoms with Gasteiger partial charge in [-0.1, -0.05) is 0 Å². The van der Waals surface area contributed by atoms with Crippen LogP contribution < -0.4 is 25.8 Å². The highest BCUT2D eigenvalue weighted by molar-refractivity contribution is 5.97. The molecule has 7 unspecified atom stereocenters. The lowest BCUT2D eigenvalue weighted by molar-refractivity contribution is 0.0853. The smallest absolute Gasteiger partial charge is 0.150 e. The van der Waals surface area contributed by atoms with Crippen LogP contribution in [-0.4, -0.2) is 96.7 Å². The van der Waals surface area contributed by atoms with Crippen molar-refractivity contribution in [3.63, 3.8) is 0 Å². The van der Waals surface area contributed by atoms with Gasteiger partial charge in [-0.15, -0.1) is 0 Å². The van der Waals surface area contributed by atoms with Crippen molar-refractivity contribution in [3.8, 4) is 0 Å². The number of aromatic nitrogens is 4. The summed E-state index contributed by atoms with van der Waals surface area (Å²) in [5.74, 6) is 12.2. The van der Waals surface area contributed by atoms with E-state index in [1.54, 1.807) is 12.4 Å². The van der Waals surface area contributed by atoms with Gasteiger partial charge in [0.15, 0.2) is 0 Å². The largest absolute Gasteiger partial charge is 0.381 e. The minimum absolute atomic E-state index is 0.533. The van der Waals surface area contributed by atoms with Gasteiger partial charge in [0.1, 0.15) is 34.9 Å². The average Bonchev–Trinajstić information content (AvgIpc) is 4.06. The number of anilines is 5. The Morgan fingerprint density at radius 1 is 0.704 bits per heavy atom. The summed E-state index contributed by atoms with van der Waals surface area (Å²) in [5.41, 5.74) is 4.99. The van der Waals surface area contributed by atoms with Crippen molar-refractivity contribution in [1.82, 2.24) is 30.2 Å². The van der Waals surface area contributed by atoms with E-state index >= 15 is 0 Å². The van der Waals surface area contributed by atoms with E-state index < -0.39 is 0 Å². The number of aryl methyl sites for hydroxylation is 1. The zero-order chi connectivity index (χ0) is 35.9. The first-order valence-electron chi connectivity index (χ1n) is 20.6. The second kappa shape index (κ2) is 13.2. The lowest BCUT2D eigenvalue weighted by Gasteiger charge is -2.40. The zero-order valence-electron chi connectivity index (χ0n) is 31.6. The van der Waals surface area contributed by atoms with E-state index in [0.717, 1.165) is 148 Å². The molecule has 0 spiro atoms. The molecule has 11 rings (SSSR count).